The zero-order valence-electron chi connectivity index (χ0n) is 44.3. The summed E-state index contributed by atoms with van der Waals surface area (Å²) in [4.78, 5) is 0. The molecule has 0 amide bonds. The topological polar surface area (TPSA) is 0 Å². The van der Waals surface area contributed by atoms with Gasteiger partial charge in [0.05, 0.1) is 0 Å². The molecule has 0 saturated carbocycles. The van der Waals surface area contributed by atoms with Gasteiger partial charge in [-0.1, -0.05) is 231 Å². The minimum absolute atomic E-state index is 0.0441. The first kappa shape index (κ1) is 45.6. The smallest absolute Gasteiger partial charge is 0.123 e. The Kier molecular flexibility index (Phi) is 9.51. The van der Waals surface area contributed by atoms with Gasteiger partial charge in [-0.25, -0.2) is 8.78 Å². The fraction of sp³-hybridized carbons (Fsp3) is 0.0250. The molecule has 0 radical (unpaired) electrons. The van der Waals surface area contributed by atoms with Crippen LogP contribution in [0, 0.1) is 11.6 Å². The Labute approximate surface area is 472 Å². The third-order valence-electron chi connectivity index (χ3n) is 18.6. The summed E-state index contributed by atoms with van der Waals surface area (Å²) in [5.41, 5.74) is 25.3. The molecule has 0 spiro atoms. The number of halogens is 2. The molecule has 380 valence electrons. The summed E-state index contributed by atoms with van der Waals surface area (Å²) in [5.74, 6) is -0.385. The lowest BCUT2D eigenvalue weighted by Gasteiger charge is -2.30. The second-order valence-corrected chi connectivity index (χ2v) is 22.6. The first-order chi connectivity index (χ1) is 40.6. The van der Waals surface area contributed by atoms with E-state index < -0.39 is 0 Å². The largest absolute Gasteiger partial charge is 0.207 e. The summed E-state index contributed by atoms with van der Waals surface area (Å²) in [6.07, 6.45) is 9.90. The minimum atomic E-state index is -0.250. The van der Waals surface area contributed by atoms with Gasteiger partial charge in [0, 0.05) is 11.8 Å². The van der Waals surface area contributed by atoms with Crippen LogP contribution in [0.3, 0.4) is 0 Å². The number of allylic oxidation sites excluding steroid dienone is 3. The van der Waals surface area contributed by atoms with Crippen molar-refractivity contribution in [2.24, 2.45) is 0 Å². The summed E-state index contributed by atoms with van der Waals surface area (Å²) < 4.78 is 29.3. The number of fused-ring (bicyclic) bond motifs is 11. The minimum Gasteiger partial charge on any atom is -0.207 e. The summed E-state index contributed by atoms with van der Waals surface area (Å²) in [6.45, 7) is 0. The predicted octanol–water partition coefficient (Wildman–Crippen LogP) is 21.2. The molecule has 2 atom stereocenters. The van der Waals surface area contributed by atoms with Crippen LogP contribution in [0.2, 0.25) is 0 Å². The van der Waals surface area contributed by atoms with Gasteiger partial charge in [0.1, 0.15) is 11.6 Å². The van der Waals surface area contributed by atoms with Gasteiger partial charge in [0.2, 0.25) is 0 Å². The second kappa shape index (κ2) is 17.1. The van der Waals surface area contributed by atoms with Crippen molar-refractivity contribution in [3.8, 4) is 89.0 Å². The molecule has 4 aliphatic rings. The molecule has 82 heavy (non-hydrogen) atoms. The highest BCUT2D eigenvalue weighted by Crippen LogP contribution is 2.65. The van der Waals surface area contributed by atoms with Crippen molar-refractivity contribution < 1.29 is 8.78 Å². The Balaban J connectivity index is 0.937. The Hall–Kier alpha value is -10.3. The van der Waals surface area contributed by atoms with Crippen LogP contribution >= 0.6 is 0 Å². The van der Waals surface area contributed by atoms with Gasteiger partial charge in [-0.2, -0.15) is 0 Å². The van der Waals surface area contributed by atoms with Gasteiger partial charge in [-0.3, -0.25) is 0 Å². The van der Waals surface area contributed by atoms with Gasteiger partial charge in [-0.15, -0.1) is 0 Å². The van der Waals surface area contributed by atoms with Crippen molar-refractivity contribution in [2.45, 2.75) is 11.8 Å². The molecule has 2 unspecified atom stereocenters. The number of hydrogen-bond donors (Lipinski definition) is 0. The van der Waals surface area contributed by atoms with Gasteiger partial charge in [-0.05, 0) is 212 Å². The van der Waals surface area contributed by atoms with E-state index in [0.29, 0.717) is 0 Å². The molecule has 18 rings (SSSR count). The molecule has 14 aromatic carbocycles. The lowest BCUT2D eigenvalue weighted by molar-refractivity contribution is 0.627. The Morgan fingerprint density at radius 3 is 1.39 bits per heavy atom. The average Bonchev–Trinajstić information content (AvgIpc) is 3.62. The maximum absolute atomic E-state index is 14.7. The summed E-state index contributed by atoms with van der Waals surface area (Å²) in [7, 11) is 0. The highest BCUT2D eigenvalue weighted by atomic mass is 19.1. The molecule has 0 N–H and O–H groups in total. The molecule has 0 heterocycles. The number of benzene rings is 14. The van der Waals surface area contributed by atoms with Crippen LogP contribution < -0.4 is 5.22 Å². The summed E-state index contributed by atoms with van der Waals surface area (Å²) >= 11 is 0. The van der Waals surface area contributed by atoms with Crippen LogP contribution in [0.25, 0.3) is 161 Å². The van der Waals surface area contributed by atoms with Crippen molar-refractivity contribution in [1.82, 2.24) is 0 Å². The van der Waals surface area contributed by atoms with Crippen molar-refractivity contribution >= 4 is 71.6 Å². The standard InChI is InChI=1S/C80H46F2/c81-51-31-27-45(28-32-51)53-21-9-11-23-55(53)73-58-26-14-13-25-57(58)69(47-15-3-1-4-16-47)77-63-39-35-59-62-38-42-66-76-64(40-36-60(72(62)76)61-37-41-65(79(73)77)75(63)71(59)61)78-70(48-17-5-2-6-18-48)67-43-49-19-7-8-20-50(49)44-68(67)74(80(66)78)56-24-12-10-22-54(56)46-29-33-52(82)34-30-46/h1-44,65,75H. The first-order valence-corrected chi connectivity index (χ1v) is 28.4. The maximum Gasteiger partial charge on any atom is 0.123 e. The third kappa shape index (κ3) is 6.24. The highest BCUT2D eigenvalue weighted by Gasteiger charge is 2.45. The van der Waals surface area contributed by atoms with Crippen molar-refractivity contribution in [1.29, 1.82) is 0 Å². The third-order valence-corrected chi connectivity index (χ3v) is 18.6. The van der Waals surface area contributed by atoms with E-state index >= 15 is 0 Å². The zero-order chi connectivity index (χ0) is 53.9. The highest BCUT2D eigenvalue weighted by molar-refractivity contribution is 6.33. The van der Waals surface area contributed by atoms with Crippen molar-refractivity contribution in [3.63, 3.8) is 0 Å². The van der Waals surface area contributed by atoms with Gasteiger partial charge >= 0.3 is 0 Å². The molecular formula is C80H46F2. The first-order valence-electron chi connectivity index (χ1n) is 28.4. The van der Waals surface area contributed by atoms with E-state index in [9.17, 15) is 8.78 Å². The maximum atomic E-state index is 14.7. The Morgan fingerprint density at radius 2 is 0.780 bits per heavy atom. The molecule has 0 saturated heterocycles. The second-order valence-electron chi connectivity index (χ2n) is 22.6. The predicted molar refractivity (Wildman–Crippen MR) is 340 cm³/mol. The van der Waals surface area contributed by atoms with E-state index in [0.717, 1.165) is 33.4 Å². The Morgan fingerprint density at radius 1 is 0.293 bits per heavy atom. The van der Waals surface area contributed by atoms with Crippen LogP contribution in [0.15, 0.2) is 255 Å². The van der Waals surface area contributed by atoms with Crippen LogP contribution in [0.5, 0.6) is 0 Å². The normalized spacial score (nSPS) is 15.1. The molecule has 2 heteroatoms. The molecule has 0 fully saturated rings. The van der Waals surface area contributed by atoms with E-state index in [-0.39, 0.29) is 23.5 Å². The van der Waals surface area contributed by atoms with Crippen LogP contribution in [-0.2, 0) is 0 Å². The molecule has 14 aromatic rings. The fourth-order valence-corrected chi connectivity index (χ4v) is 15.5. The monoisotopic (exact) mass is 1040 g/mol. The Bertz CT molecular complexity index is 5260. The SMILES string of the molecule is Fc1ccc(-c2ccccc2-c2c3c(c(-c4ccccc4)c4cc5ccccc5cc24)-c2ccc4c5c6c(c7ccc-3c2c47)=CC=C2c3c(c(-c4ccccc4-c4ccc(F)cc4)c4ccccc4c3-c3ccccc3)C(C=C5)C26)cc1. The van der Waals surface area contributed by atoms with Crippen molar-refractivity contribution in [3.05, 3.63) is 294 Å². The molecule has 0 aromatic heterocycles. The number of rotatable bonds is 6. The summed E-state index contributed by atoms with van der Waals surface area (Å²) in [6, 6.07) is 85.6. The van der Waals surface area contributed by atoms with E-state index in [4.69, 9.17) is 0 Å². The average molecular weight is 1050 g/mol. The lowest BCUT2D eigenvalue weighted by Crippen LogP contribution is -2.23. The molecular weight excluding hydrogens is 999 g/mol. The number of hydrogen-bond acceptors (Lipinski definition) is 0. The molecule has 0 nitrogen and oxygen atoms in total. The zero-order valence-corrected chi connectivity index (χ0v) is 44.3. The fourth-order valence-electron chi connectivity index (χ4n) is 15.5. The molecule has 4 aliphatic carbocycles. The van der Waals surface area contributed by atoms with Crippen molar-refractivity contribution in [2.75, 3.05) is 0 Å². The quantitative estimate of drug-likeness (QED) is 0.146. The van der Waals surface area contributed by atoms with Crippen LogP contribution in [0.4, 0.5) is 8.78 Å². The van der Waals surface area contributed by atoms with E-state index in [1.807, 2.05) is 24.3 Å². The molecule has 0 bridgehead atoms. The van der Waals surface area contributed by atoms with E-state index in [1.54, 1.807) is 24.3 Å². The van der Waals surface area contributed by atoms with Crippen LogP contribution in [-0.4, -0.2) is 0 Å². The lowest BCUT2D eigenvalue weighted by atomic mass is 9.72. The van der Waals surface area contributed by atoms with E-state index in [2.05, 4.69) is 218 Å². The van der Waals surface area contributed by atoms with Gasteiger partial charge in [0.25, 0.3) is 0 Å². The van der Waals surface area contributed by atoms with Gasteiger partial charge in [0.15, 0.2) is 0 Å². The molecule has 0 aliphatic heterocycles. The summed E-state index contributed by atoms with van der Waals surface area (Å²) in [5, 5.41) is 13.6. The van der Waals surface area contributed by atoms with Crippen LogP contribution in [0.1, 0.15) is 34.1 Å². The van der Waals surface area contributed by atoms with E-state index in [1.165, 1.54) is 143 Å². The van der Waals surface area contributed by atoms with Gasteiger partial charge < -0.3 is 0 Å².